The fourth-order valence-electron chi connectivity index (χ4n) is 1.71. The van der Waals surface area contributed by atoms with E-state index in [4.69, 9.17) is 11.6 Å². The summed E-state index contributed by atoms with van der Waals surface area (Å²) in [6.45, 7) is 5.18. The van der Waals surface area contributed by atoms with E-state index in [1.54, 1.807) is 27.9 Å². The van der Waals surface area contributed by atoms with Crippen molar-refractivity contribution in [3.8, 4) is 0 Å². The highest BCUT2D eigenvalue weighted by Crippen LogP contribution is 2.15. The lowest BCUT2D eigenvalue weighted by Crippen LogP contribution is -2.31. The van der Waals surface area contributed by atoms with Gasteiger partial charge in [-0.05, 0) is 13.8 Å². The molecule has 2 rings (SSSR count). The van der Waals surface area contributed by atoms with Crippen molar-refractivity contribution in [1.82, 2.24) is 19.3 Å². The van der Waals surface area contributed by atoms with Crippen LogP contribution in [0.2, 0.25) is 5.15 Å². The molecule has 17 heavy (non-hydrogen) atoms. The maximum atomic E-state index is 12.2. The lowest BCUT2D eigenvalue weighted by Gasteiger charge is -2.17. The molecule has 2 aromatic rings. The predicted molar refractivity (Wildman–Crippen MR) is 65.2 cm³/mol. The number of hydrogen-bond donors (Lipinski definition) is 0. The van der Waals surface area contributed by atoms with Gasteiger partial charge in [0, 0.05) is 25.5 Å². The SMILES string of the molecule is CCN(CC)C(=O)c1ncc2c(Cl)nccn12. The van der Waals surface area contributed by atoms with E-state index in [2.05, 4.69) is 9.97 Å². The number of nitrogens with zero attached hydrogens (tertiary/aromatic N) is 4. The summed E-state index contributed by atoms with van der Waals surface area (Å²) in [5.74, 6) is 0.269. The third-order valence-electron chi connectivity index (χ3n) is 2.65. The summed E-state index contributed by atoms with van der Waals surface area (Å²) in [5.41, 5.74) is 0.643. The number of hydrogen-bond acceptors (Lipinski definition) is 3. The van der Waals surface area contributed by atoms with Gasteiger partial charge in [0.2, 0.25) is 5.82 Å². The molecule has 0 saturated carbocycles. The van der Waals surface area contributed by atoms with Gasteiger partial charge in [0.25, 0.3) is 5.91 Å². The summed E-state index contributed by atoms with van der Waals surface area (Å²) in [5, 5.41) is 0.346. The molecule has 0 radical (unpaired) electrons. The Labute approximate surface area is 104 Å². The molecule has 0 bridgehead atoms. The Morgan fingerprint density at radius 3 is 2.76 bits per heavy atom. The minimum Gasteiger partial charge on any atom is -0.337 e. The van der Waals surface area contributed by atoms with E-state index in [0.29, 0.717) is 29.6 Å². The molecule has 0 aliphatic carbocycles. The first-order valence-electron chi connectivity index (χ1n) is 5.45. The van der Waals surface area contributed by atoms with E-state index >= 15 is 0 Å². The van der Waals surface area contributed by atoms with Crippen LogP contribution in [0.4, 0.5) is 0 Å². The van der Waals surface area contributed by atoms with Crippen LogP contribution in [0.1, 0.15) is 24.5 Å². The Morgan fingerprint density at radius 2 is 2.12 bits per heavy atom. The molecule has 0 aromatic carbocycles. The van der Waals surface area contributed by atoms with Crippen molar-refractivity contribution in [3.63, 3.8) is 0 Å². The zero-order valence-corrected chi connectivity index (χ0v) is 10.5. The molecule has 0 aliphatic rings. The van der Waals surface area contributed by atoms with E-state index in [9.17, 15) is 4.79 Å². The van der Waals surface area contributed by atoms with Crippen molar-refractivity contribution in [3.05, 3.63) is 29.6 Å². The van der Waals surface area contributed by atoms with E-state index in [-0.39, 0.29) is 5.91 Å². The van der Waals surface area contributed by atoms with Gasteiger partial charge in [-0.2, -0.15) is 0 Å². The molecule has 0 unspecified atom stereocenters. The van der Waals surface area contributed by atoms with E-state index < -0.39 is 0 Å². The first-order chi connectivity index (χ1) is 8.19. The average Bonchev–Trinajstić information content (AvgIpc) is 2.75. The minimum atomic E-state index is -0.0998. The van der Waals surface area contributed by atoms with Gasteiger partial charge >= 0.3 is 0 Å². The number of carbonyl (C=O) groups is 1. The molecule has 0 fully saturated rings. The fraction of sp³-hybridized carbons (Fsp3) is 0.364. The molecule has 1 amide bonds. The van der Waals surface area contributed by atoms with Crippen LogP contribution in [-0.4, -0.2) is 38.3 Å². The largest absolute Gasteiger partial charge is 0.337 e. The number of carbonyl (C=O) groups excluding carboxylic acids is 1. The van der Waals surface area contributed by atoms with Crippen molar-refractivity contribution < 1.29 is 4.79 Å². The molecule has 0 atom stereocenters. The van der Waals surface area contributed by atoms with Crippen molar-refractivity contribution in [2.75, 3.05) is 13.1 Å². The molecule has 2 heterocycles. The van der Waals surface area contributed by atoms with Crippen LogP contribution in [0.5, 0.6) is 0 Å². The van der Waals surface area contributed by atoms with Crippen LogP contribution in [0.25, 0.3) is 5.52 Å². The lowest BCUT2D eigenvalue weighted by atomic mass is 10.4. The second-order valence-electron chi connectivity index (χ2n) is 3.53. The van der Waals surface area contributed by atoms with Crippen molar-refractivity contribution in [2.24, 2.45) is 0 Å². The normalized spacial score (nSPS) is 10.8. The highest BCUT2D eigenvalue weighted by Gasteiger charge is 2.18. The second-order valence-corrected chi connectivity index (χ2v) is 3.89. The Kier molecular flexibility index (Phi) is 3.28. The number of amides is 1. The Bertz CT molecular complexity index is 547. The molecule has 6 heteroatoms. The number of fused-ring (bicyclic) bond motifs is 1. The quantitative estimate of drug-likeness (QED) is 0.838. The zero-order chi connectivity index (χ0) is 12.4. The standard InChI is InChI=1S/C11H13ClN4O/c1-3-15(4-2)11(17)10-14-7-8-9(12)13-5-6-16(8)10/h5-7H,3-4H2,1-2H3. The van der Waals surface area contributed by atoms with Gasteiger partial charge < -0.3 is 4.90 Å². The molecular formula is C11H13ClN4O. The molecule has 0 N–H and O–H groups in total. The summed E-state index contributed by atoms with van der Waals surface area (Å²) in [4.78, 5) is 21.9. The fourth-order valence-corrected chi connectivity index (χ4v) is 1.90. The van der Waals surface area contributed by atoms with Crippen molar-refractivity contribution in [2.45, 2.75) is 13.8 Å². The van der Waals surface area contributed by atoms with Crippen LogP contribution in [0, 0.1) is 0 Å². The zero-order valence-electron chi connectivity index (χ0n) is 9.72. The van der Waals surface area contributed by atoms with Crippen molar-refractivity contribution in [1.29, 1.82) is 0 Å². The van der Waals surface area contributed by atoms with Gasteiger partial charge in [-0.1, -0.05) is 11.6 Å². The summed E-state index contributed by atoms with van der Waals surface area (Å²) in [7, 11) is 0. The second kappa shape index (κ2) is 4.71. The molecule has 90 valence electrons. The van der Waals surface area contributed by atoms with Gasteiger partial charge in [-0.25, -0.2) is 9.97 Å². The number of halogens is 1. The molecule has 2 aromatic heterocycles. The average molecular weight is 253 g/mol. The summed E-state index contributed by atoms with van der Waals surface area (Å²) < 4.78 is 1.66. The molecule has 5 nitrogen and oxygen atoms in total. The monoisotopic (exact) mass is 252 g/mol. The van der Waals surface area contributed by atoms with E-state index in [1.165, 1.54) is 0 Å². The number of imidazole rings is 1. The minimum absolute atomic E-state index is 0.0998. The van der Waals surface area contributed by atoms with Crippen LogP contribution in [-0.2, 0) is 0 Å². The van der Waals surface area contributed by atoms with Crippen LogP contribution >= 0.6 is 11.6 Å². The van der Waals surface area contributed by atoms with Gasteiger partial charge in [0.15, 0.2) is 5.15 Å². The predicted octanol–water partition coefficient (Wildman–Crippen LogP) is 1.86. The number of rotatable bonds is 3. The molecule has 0 spiro atoms. The first-order valence-corrected chi connectivity index (χ1v) is 5.83. The Balaban J connectivity index is 2.49. The Hall–Kier alpha value is -1.62. The highest BCUT2D eigenvalue weighted by atomic mass is 35.5. The van der Waals surface area contributed by atoms with Crippen LogP contribution in [0.3, 0.4) is 0 Å². The molecular weight excluding hydrogens is 240 g/mol. The third-order valence-corrected chi connectivity index (χ3v) is 2.94. The third kappa shape index (κ3) is 1.98. The lowest BCUT2D eigenvalue weighted by molar-refractivity contribution is 0.0760. The van der Waals surface area contributed by atoms with Gasteiger partial charge in [0.1, 0.15) is 5.52 Å². The van der Waals surface area contributed by atoms with Crippen LogP contribution < -0.4 is 0 Å². The van der Waals surface area contributed by atoms with E-state index in [0.717, 1.165) is 0 Å². The topological polar surface area (TPSA) is 50.5 Å². The van der Waals surface area contributed by atoms with Crippen molar-refractivity contribution >= 4 is 23.0 Å². The van der Waals surface area contributed by atoms with Crippen LogP contribution in [0.15, 0.2) is 18.6 Å². The summed E-state index contributed by atoms with van der Waals surface area (Å²) in [6, 6.07) is 0. The van der Waals surface area contributed by atoms with Gasteiger partial charge in [-0.3, -0.25) is 9.20 Å². The maximum absolute atomic E-state index is 12.2. The maximum Gasteiger partial charge on any atom is 0.290 e. The molecule has 0 saturated heterocycles. The number of aromatic nitrogens is 3. The summed E-state index contributed by atoms with van der Waals surface area (Å²) in [6.07, 6.45) is 4.80. The van der Waals surface area contributed by atoms with Gasteiger partial charge in [0.05, 0.1) is 6.20 Å². The van der Waals surface area contributed by atoms with E-state index in [1.807, 2.05) is 13.8 Å². The Morgan fingerprint density at radius 1 is 1.41 bits per heavy atom. The highest BCUT2D eigenvalue weighted by molar-refractivity contribution is 6.32. The first kappa shape index (κ1) is 11.9. The summed E-state index contributed by atoms with van der Waals surface area (Å²) >= 11 is 5.93. The van der Waals surface area contributed by atoms with Gasteiger partial charge in [-0.15, -0.1) is 0 Å². The molecule has 0 aliphatic heterocycles. The smallest absolute Gasteiger partial charge is 0.290 e.